The minimum Gasteiger partial charge on any atom is -0.492 e. The van der Waals surface area contributed by atoms with Crippen LogP contribution < -0.4 is 4.74 Å². The molecule has 1 aliphatic rings. The van der Waals surface area contributed by atoms with E-state index in [9.17, 15) is 0 Å². The highest BCUT2D eigenvalue weighted by Gasteiger charge is 2.17. The molecule has 0 spiro atoms. The van der Waals surface area contributed by atoms with Gasteiger partial charge in [-0.1, -0.05) is 47.1 Å². The van der Waals surface area contributed by atoms with Crippen molar-refractivity contribution in [2.24, 2.45) is 0 Å². The zero-order valence-corrected chi connectivity index (χ0v) is 17.8. The maximum Gasteiger partial charge on any atom is 0.227 e. The molecule has 2 heterocycles. The zero-order chi connectivity index (χ0) is 20.6. The molecule has 6 nitrogen and oxygen atoms in total. The zero-order valence-electron chi connectivity index (χ0n) is 17.0. The van der Waals surface area contributed by atoms with Crippen LogP contribution in [0.1, 0.15) is 12.3 Å². The number of hydrogen-bond acceptors (Lipinski definition) is 6. The van der Waals surface area contributed by atoms with Crippen LogP contribution in [0.25, 0.3) is 11.4 Å². The molecule has 2 aromatic carbocycles. The summed E-state index contributed by atoms with van der Waals surface area (Å²) in [6.07, 6.45) is 1.84. The molecule has 0 saturated carbocycles. The van der Waals surface area contributed by atoms with E-state index in [1.54, 1.807) is 0 Å². The van der Waals surface area contributed by atoms with Gasteiger partial charge in [-0.3, -0.25) is 4.90 Å². The van der Waals surface area contributed by atoms with E-state index in [-0.39, 0.29) is 0 Å². The van der Waals surface area contributed by atoms with Crippen molar-refractivity contribution in [3.63, 3.8) is 0 Å². The van der Waals surface area contributed by atoms with Crippen LogP contribution >= 0.6 is 11.6 Å². The second kappa shape index (κ2) is 10.6. The van der Waals surface area contributed by atoms with E-state index >= 15 is 0 Å². The van der Waals surface area contributed by atoms with E-state index < -0.39 is 0 Å². The molecule has 0 aliphatic carbocycles. The molecular weight excluding hydrogens is 400 g/mol. The number of rotatable bonds is 9. The number of piperazine rings is 1. The molecular formula is C23H27ClN4O2. The first kappa shape index (κ1) is 20.8. The average molecular weight is 427 g/mol. The van der Waals surface area contributed by atoms with Crippen LogP contribution in [0, 0.1) is 0 Å². The van der Waals surface area contributed by atoms with Crippen LogP contribution in [0.3, 0.4) is 0 Å². The highest BCUT2D eigenvalue weighted by molar-refractivity contribution is 6.30. The first-order chi connectivity index (χ1) is 14.8. The van der Waals surface area contributed by atoms with E-state index in [4.69, 9.17) is 20.9 Å². The lowest BCUT2D eigenvalue weighted by Crippen LogP contribution is -2.47. The molecule has 0 amide bonds. The Morgan fingerprint density at radius 2 is 1.60 bits per heavy atom. The highest BCUT2D eigenvalue weighted by Crippen LogP contribution is 2.16. The monoisotopic (exact) mass is 426 g/mol. The lowest BCUT2D eigenvalue weighted by molar-refractivity contribution is 0.115. The Morgan fingerprint density at radius 3 is 2.33 bits per heavy atom. The molecule has 1 fully saturated rings. The van der Waals surface area contributed by atoms with Gasteiger partial charge in [0.15, 0.2) is 0 Å². The Labute approximate surface area is 182 Å². The van der Waals surface area contributed by atoms with Crippen molar-refractivity contribution in [1.29, 1.82) is 0 Å². The second-order valence-corrected chi connectivity index (χ2v) is 7.90. The maximum absolute atomic E-state index is 5.90. The molecule has 30 heavy (non-hydrogen) atoms. The van der Waals surface area contributed by atoms with Crippen LogP contribution in [0.15, 0.2) is 59.1 Å². The normalized spacial score (nSPS) is 15.4. The average Bonchev–Trinajstić information content (AvgIpc) is 3.26. The van der Waals surface area contributed by atoms with Crippen LogP contribution in [-0.4, -0.2) is 65.8 Å². The Bertz CT molecular complexity index is 893. The van der Waals surface area contributed by atoms with Gasteiger partial charge in [0.25, 0.3) is 0 Å². The van der Waals surface area contributed by atoms with Crippen molar-refractivity contribution >= 4 is 11.6 Å². The molecule has 4 rings (SSSR count). The summed E-state index contributed by atoms with van der Waals surface area (Å²) in [6.45, 7) is 7.01. The third-order valence-electron chi connectivity index (χ3n) is 5.32. The van der Waals surface area contributed by atoms with Crippen LogP contribution in [0.5, 0.6) is 5.75 Å². The molecule has 3 aromatic rings. The summed E-state index contributed by atoms with van der Waals surface area (Å²) >= 11 is 5.90. The molecule has 1 aliphatic heterocycles. The number of hydrogen-bond donors (Lipinski definition) is 0. The van der Waals surface area contributed by atoms with E-state index in [2.05, 4.69) is 19.9 Å². The molecule has 1 saturated heterocycles. The van der Waals surface area contributed by atoms with Crippen molar-refractivity contribution < 1.29 is 9.26 Å². The first-order valence-electron chi connectivity index (χ1n) is 10.5. The molecule has 7 heteroatoms. The van der Waals surface area contributed by atoms with Gasteiger partial charge >= 0.3 is 0 Å². The topological polar surface area (TPSA) is 54.6 Å². The fourth-order valence-electron chi connectivity index (χ4n) is 3.57. The Hall–Kier alpha value is -2.41. The van der Waals surface area contributed by atoms with Gasteiger partial charge in [0.2, 0.25) is 11.7 Å². The van der Waals surface area contributed by atoms with Gasteiger partial charge in [-0.15, -0.1) is 0 Å². The fourth-order valence-corrected chi connectivity index (χ4v) is 3.70. The maximum atomic E-state index is 5.90. The number of aryl methyl sites for hydroxylation is 1. The molecule has 1 aromatic heterocycles. The van der Waals surface area contributed by atoms with Crippen molar-refractivity contribution in [2.75, 3.05) is 45.9 Å². The number of ether oxygens (including phenoxy) is 1. The number of aromatic nitrogens is 2. The fraction of sp³-hybridized carbons (Fsp3) is 0.391. The molecule has 0 N–H and O–H groups in total. The number of halogens is 1. The van der Waals surface area contributed by atoms with E-state index in [1.165, 1.54) is 0 Å². The summed E-state index contributed by atoms with van der Waals surface area (Å²) in [5, 5.41) is 4.82. The summed E-state index contributed by atoms with van der Waals surface area (Å²) < 4.78 is 11.2. The minimum atomic E-state index is 0.667. The van der Waals surface area contributed by atoms with E-state index in [0.29, 0.717) is 18.3 Å². The predicted molar refractivity (Wildman–Crippen MR) is 118 cm³/mol. The summed E-state index contributed by atoms with van der Waals surface area (Å²) in [6, 6.07) is 17.5. The summed E-state index contributed by atoms with van der Waals surface area (Å²) in [5.74, 6) is 2.25. The van der Waals surface area contributed by atoms with Crippen molar-refractivity contribution in [3.05, 3.63) is 65.5 Å². The Morgan fingerprint density at radius 1 is 0.900 bits per heavy atom. The van der Waals surface area contributed by atoms with Gasteiger partial charge in [0.05, 0.1) is 0 Å². The molecule has 0 bridgehead atoms. The molecule has 0 atom stereocenters. The smallest absolute Gasteiger partial charge is 0.227 e. The second-order valence-electron chi connectivity index (χ2n) is 7.47. The SMILES string of the molecule is Clc1ccc(OCCN2CCN(CCCc3nc(-c4ccccc4)no3)CC2)cc1. The van der Waals surface area contributed by atoms with Gasteiger partial charge in [-0.2, -0.15) is 4.98 Å². The van der Waals surface area contributed by atoms with Crippen molar-refractivity contribution in [2.45, 2.75) is 12.8 Å². The molecule has 0 radical (unpaired) electrons. The molecule has 158 valence electrons. The summed E-state index contributed by atoms with van der Waals surface area (Å²) in [7, 11) is 0. The third-order valence-corrected chi connectivity index (χ3v) is 5.57. The summed E-state index contributed by atoms with van der Waals surface area (Å²) in [4.78, 5) is 9.47. The Kier molecular flexibility index (Phi) is 7.34. The van der Waals surface area contributed by atoms with E-state index in [1.807, 2.05) is 54.6 Å². The first-order valence-corrected chi connectivity index (χ1v) is 10.9. The minimum absolute atomic E-state index is 0.667. The molecule has 0 unspecified atom stereocenters. The lowest BCUT2D eigenvalue weighted by atomic mass is 10.2. The number of benzene rings is 2. The van der Waals surface area contributed by atoms with Crippen molar-refractivity contribution in [1.82, 2.24) is 19.9 Å². The predicted octanol–water partition coefficient (Wildman–Crippen LogP) is 4.02. The van der Waals surface area contributed by atoms with Gasteiger partial charge < -0.3 is 14.2 Å². The van der Waals surface area contributed by atoms with Crippen LogP contribution in [-0.2, 0) is 6.42 Å². The van der Waals surface area contributed by atoms with Gasteiger partial charge in [-0.25, -0.2) is 0 Å². The Balaban J connectivity index is 1.11. The largest absolute Gasteiger partial charge is 0.492 e. The summed E-state index contributed by atoms with van der Waals surface area (Å²) in [5.41, 5.74) is 0.990. The van der Waals surface area contributed by atoms with Crippen LogP contribution in [0.2, 0.25) is 5.02 Å². The third kappa shape index (κ3) is 6.05. The van der Waals surface area contributed by atoms with Crippen molar-refractivity contribution in [3.8, 4) is 17.1 Å². The number of nitrogens with zero attached hydrogens (tertiary/aromatic N) is 4. The van der Waals surface area contributed by atoms with Gasteiger partial charge in [-0.05, 0) is 37.2 Å². The lowest BCUT2D eigenvalue weighted by Gasteiger charge is -2.34. The van der Waals surface area contributed by atoms with Crippen LogP contribution in [0.4, 0.5) is 0 Å². The van der Waals surface area contributed by atoms with Gasteiger partial charge in [0.1, 0.15) is 12.4 Å². The highest BCUT2D eigenvalue weighted by atomic mass is 35.5. The standard InChI is InChI=1S/C23H27ClN4O2/c24-20-8-10-21(11-9-20)29-18-17-28-15-13-27(14-16-28)12-4-7-22-25-23(26-30-22)19-5-2-1-3-6-19/h1-3,5-6,8-11H,4,7,12-18H2. The van der Waals surface area contributed by atoms with E-state index in [0.717, 1.165) is 68.4 Å². The van der Waals surface area contributed by atoms with Gasteiger partial charge in [0, 0.05) is 49.7 Å². The quantitative estimate of drug-likeness (QED) is 0.515.